The molecule has 3 fully saturated rings. The van der Waals surface area contributed by atoms with Crippen LogP contribution >= 0.6 is 11.8 Å². The van der Waals surface area contributed by atoms with Gasteiger partial charge in [-0.15, -0.1) is 11.8 Å². The molecule has 13 nitrogen and oxygen atoms in total. The molecular formula is C47H49N7O6S. The van der Waals surface area contributed by atoms with E-state index < -0.39 is 35.1 Å². The van der Waals surface area contributed by atoms with E-state index in [1.54, 1.807) is 24.3 Å². The van der Waals surface area contributed by atoms with Crippen molar-refractivity contribution in [1.82, 2.24) is 25.0 Å². The Labute approximate surface area is 359 Å². The number of amides is 5. The molecule has 1 aromatic heterocycles. The summed E-state index contributed by atoms with van der Waals surface area (Å²) >= 11 is 1.53. The Morgan fingerprint density at radius 2 is 1.64 bits per heavy atom. The first-order chi connectivity index (χ1) is 29.4. The lowest BCUT2D eigenvalue weighted by Crippen LogP contribution is -2.54. The highest BCUT2D eigenvalue weighted by Gasteiger charge is 2.45. The van der Waals surface area contributed by atoms with E-state index >= 15 is 0 Å². The molecule has 5 heterocycles. The molecule has 4 aliphatic heterocycles. The van der Waals surface area contributed by atoms with Crippen molar-refractivity contribution >= 4 is 69.4 Å². The third-order valence-corrected chi connectivity index (χ3v) is 14.6. The molecule has 314 valence electrons. The average molecular weight is 840 g/mol. The lowest BCUT2D eigenvalue weighted by Gasteiger charge is -2.44. The fourth-order valence-corrected chi connectivity index (χ4v) is 11.0. The number of hydrogen-bond donors (Lipinski definition) is 2. The van der Waals surface area contributed by atoms with Gasteiger partial charge in [-0.1, -0.05) is 32.9 Å². The van der Waals surface area contributed by atoms with E-state index in [-0.39, 0.29) is 35.7 Å². The van der Waals surface area contributed by atoms with Gasteiger partial charge in [0.05, 0.1) is 23.3 Å². The Morgan fingerprint density at radius 3 is 2.36 bits per heavy atom. The number of aromatic nitrogens is 1. The number of aromatic amines is 1. The molecule has 0 spiro atoms. The monoisotopic (exact) mass is 839 g/mol. The maximum absolute atomic E-state index is 14.1. The van der Waals surface area contributed by atoms with E-state index in [9.17, 15) is 28.8 Å². The normalized spacial score (nSPS) is 20.5. The van der Waals surface area contributed by atoms with E-state index in [2.05, 4.69) is 57.8 Å². The fourth-order valence-electron chi connectivity index (χ4n) is 10.1. The summed E-state index contributed by atoms with van der Waals surface area (Å²) in [6.07, 6.45) is 4.18. The van der Waals surface area contributed by atoms with Gasteiger partial charge in [0.1, 0.15) is 6.04 Å². The van der Waals surface area contributed by atoms with Crippen LogP contribution in [0.15, 0.2) is 53.4 Å². The summed E-state index contributed by atoms with van der Waals surface area (Å²) in [4.78, 5) is 93.5. The molecule has 0 saturated carbocycles. The SMILES string of the molecule is [C-]#[N+]c1ccc2c3c([nH]c2c1)C(C)(C)c1cc(N2CCC(N4CCN(C(=O)CCCSc5ccc6c(c5)C(=O)N(C5CCC(=O)NC5=O)C6=O)CC4)CC2)c(CC)cc1C3=O. The predicted octanol–water partition coefficient (Wildman–Crippen LogP) is 6.24. The van der Waals surface area contributed by atoms with Gasteiger partial charge >= 0.3 is 0 Å². The molecule has 5 aliphatic rings. The number of aryl methyl sites for hydroxylation is 1. The topological polar surface area (TPSA) is 148 Å². The van der Waals surface area contributed by atoms with Crippen LogP contribution in [0.1, 0.15) is 113 Å². The molecule has 2 N–H and O–H groups in total. The smallest absolute Gasteiger partial charge is 0.262 e. The highest BCUT2D eigenvalue weighted by molar-refractivity contribution is 7.99. The minimum absolute atomic E-state index is 0.0405. The largest absolute Gasteiger partial charge is 0.371 e. The Morgan fingerprint density at radius 1 is 0.885 bits per heavy atom. The van der Waals surface area contributed by atoms with Crippen LogP contribution in [0.25, 0.3) is 15.7 Å². The molecule has 1 unspecified atom stereocenters. The number of hydrogen-bond acceptors (Lipinski definition) is 9. The average Bonchev–Trinajstić information content (AvgIpc) is 3.78. The van der Waals surface area contributed by atoms with E-state index in [1.165, 1.54) is 23.0 Å². The van der Waals surface area contributed by atoms with Crippen molar-refractivity contribution in [2.24, 2.45) is 0 Å². The summed E-state index contributed by atoms with van der Waals surface area (Å²) in [5.41, 5.74) is 7.28. The zero-order chi connectivity index (χ0) is 42.7. The number of benzene rings is 3. The molecule has 61 heavy (non-hydrogen) atoms. The molecule has 0 bridgehead atoms. The molecular weight excluding hydrogens is 791 g/mol. The molecule has 9 rings (SSSR count). The predicted molar refractivity (Wildman–Crippen MR) is 232 cm³/mol. The minimum Gasteiger partial charge on any atom is -0.371 e. The van der Waals surface area contributed by atoms with Crippen molar-refractivity contribution in [1.29, 1.82) is 0 Å². The minimum atomic E-state index is -0.995. The first-order valence-corrected chi connectivity index (χ1v) is 22.4. The maximum Gasteiger partial charge on any atom is 0.262 e. The van der Waals surface area contributed by atoms with Gasteiger partial charge in [-0.3, -0.25) is 43.9 Å². The number of fused-ring (bicyclic) bond motifs is 5. The van der Waals surface area contributed by atoms with Crippen LogP contribution in [0.2, 0.25) is 0 Å². The zero-order valence-corrected chi connectivity index (χ0v) is 35.6. The molecule has 14 heteroatoms. The number of ketones is 1. The van der Waals surface area contributed by atoms with Crippen LogP contribution in [-0.4, -0.2) is 112 Å². The van der Waals surface area contributed by atoms with Crippen LogP contribution in [0.3, 0.4) is 0 Å². The summed E-state index contributed by atoms with van der Waals surface area (Å²) in [7, 11) is 0. The van der Waals surface area contributed by atoms with Gasteiger partial charge in [-0.05, 0) is 85.4 Å². The van der Waals surface area contributed by atoms with Gasteiger partial charge in [0.25, 0.3) is 11.8 Å². The van der Waals surface area contributed by atoms with Crippen LogP contribution in [-0.2, 0) is 26.2 Å². The highest BCUT2D eigenvalue weighted by atomic mass is 32.2. The summed E-state index contributed by atoms with van der Waals surface area (Å²) in [5.74, 6) is -1.22. The molecule has 0 radical (unpaired) electrons. The number of rotatable bonds is 9. The van der Waals surface area contributed by atoms with Gasteiger partial charge in [0, 0.05) is 96.3 Å². The Balaban J connectivity index is 0.758. The van der Waals surface area contributed by atoms with E-state index in [4.69, 9.17) is 6.57 Å². The van der Waals surface area contributed by atoms with E-state index in [0.717, 1.165) is 88.5 Å². The van der Waals surface area contributed by atoms with E-state index in [0.29, 0.717) is 43.4 Å². The van der Waals surface area contributed by atoms with Gasteiger partial charge in [-0.2, -0.15) is 0 Å². The summed E-state index contributed by atoms with van der Waals surface area (Å²) in [6, 6.07) is 14.5. The zero-order valence-electron chi connectivity index (χ0n) is 34.8. The van der Waals surface area contributed by atoms with Crippen molar-refractivity contribution in [3.05, 3.63) is 99.0 Å². The number of carbonyl (C=O) groups is 6. The Hall–Kier alpha value is -5.78. The second kappa shape index (κ2) is 15.9. The summed E-state index contributed by atoms with van der Waals surface area (Å²) < 4.78 is 0. The molecule has 3 saturated heterocycles. The third kappa shape index (κ3) is 7.11. The van der Waals surface area contributed by atoms with Crippen molar-refractivity contribution in [2.75, 3.05) is 49.9 Å². The third-order valence-electron chi connectivity index (χ3n) is 13.5. The van der Waals surface area contributed by atoms with Crippen LogP contribution in [0.4, 0.5) is 11.4 Å². The standard InChI is InChI=1S/C47H49N7O6S/c1-5-27-23-34-35(47(2,3)43-41(42(34)57)32-10-8-28(48-4)24-36(32)49-43)26-38(27)52-16-14-29(15-17-52)51-18-20-53(21-19-51)40(56)7-6-22-61-30-9-11-31-33(25-30)46(60)54(45(31)59)37-12-13-39(55)50-44(37)58/h8-11,23-26,29,37,49H,5-7,12-22H2,1-3H3,(H,50,55,58). The fraction of sp³-hybridized carbons (Fsp3) is 0.426. The van der Waals surface area contributed by atoms with Crippen molar-refractivity contribution in [3.8, 4) is 0 Å². The van der Waals surface area contributed by atoms with Crippen molar-refractivity contribution in [2.45, 2.75) is 88.1 Å². The number of carbonyl (C=O) groups excluding carboxylic acids is 6. The lowest BCUT2D eigenvalue weighted by molar-refractivity contribution is -0.136. The highest BCUT2D eigenvalue weighted by Crippen LogP contribution is 2.46. The molecule has 4 aromatic rings. The van der Waals surface area contributed by atoms with Crippen molar-refractivity contribution in [3.63, 3.8) is 0 Å². The van der Waals surface area contributed by atoms with Gasteiger partial charge in [-0.25, -0.2) is 4.85 Å². The summed E-state index contributed by atoms with van der Waals surface area (Å²) in [5, 5.41) is 3.09. The van der Waals surface area contributed by atoms with Gasteiger partial charge in [0.15, 0.2) is 11.5 Å². The number of nitrogens with one attached hydrogen (secondary N) is 2. The second-order valence-corrected chi connectivity index (χ2v) is 18.5. The molecule has 5 amide bonds. The molecule has 1 atom stereocenters. The van der Waals surface area contributed by atoms with Crippen LogP contribution < -0.4 is 10.2 Å². The first-order valence-electron chi connectivity index (χ1n) is 21.4. The number of piperazine rings is 1. The van der Waals surface area contributed by atoms with Crippen LogP contribution in [0.5, 0.6) is 0 Å². The molecule has 3 aromatic carbocycles. The van der Waals surface area contributed by atoms with Gasteiger partial charge in [0.2, 0.25) is 17.7 Å². The first kappa shape index (κ1) is 40.6. The van der Waals surface area contributed by atoms with Crippen molar-refractivity contribution < 1.29 is 28.8 Å². The second-order valence-electron chi connectivity index (χ2n) is 17.3. The number of imide groups is 2. The number of H-pyrrole nitrogens is 1. The Kier molecular flexibility index (Phi) is 10.6. The maximum atomic E-state index is 14.1. The Bertz CT molecular complexity index is 2570. The van der Waals surface area contributed by atoms with Gasteiger partial charge < -0.3 is 14.8 Å². The number of piperidine rings is 2. The van der Waals surface area contributed by atoms with Crippen LogP contribution in [0, 0.1) is 6.57 Å². The molecule has 1 aliphatic carbocycles. The number of nitrogens with zero attached hydrogens (tertiary/aromatic N) is 5. The quantitative estimate of drug-likeness (QED) is 0.0866. The van der Waals surface area contributed by atoms with E-state index in [1.807, 2.05) is 17.0 Å². The lowest BCUT2D eigenvalue weighted by atomic mass is 9.70. The summed E-state index contributed by atoms with van der Waals surface area (Å²) in [6.45, 7) is 18.9. The number of thioether (sulfide) groups is 1. The number of anilines is 1.